The van der Waals surface area contributed by atoms with Gasteiger partial charge in [0.2, 0.25) is 5.91 Å². The molecule has 1 aliphatic heterocycles. The van der Waals surface area contributed by atoms with Gasteiger partial charge in [0, 0.05) is 16.4 Å². The smallest absolute Gasteiger partial charge is 0.475 e. The van der Waals surface area contributed by atoms with Gasteiger partial charge >= 0.3 is 7.12 Å². The summed E-state index contributed by atoms with van der Waals surface area (Å²) in [5.74, 6) is -0.136. The maximum absolute atomic E-state index is 12.7. The summed E-state index contributed by atoms with van der Waals surface area (Å²) in [7, 11) is -1.67. The second kappa shape index (κ2) is 8.06. The third-order valence-electron chi connectivity index (χ3n) is 6.84. The van der Waals surface area contributed by atoms with Gasteiger partial charge in [-0.2, -0.15) is 0 Å². The summed E-state index contributed by atoms with van der Waals surface area (Å²) in [5, 5.41) is 23.4. The van der Waals surface area contributed by atoms with Crippen LogP contribution in [0.3, 0.4) is 0 Å². The maximum Gasteiger partial charge on any atom is 0.475 e. The molecule has 31 heavy (non-hydrogen) atoms. The molecule has 2 aromatic carbocycles. The third kappa shape index (κ3) is 3.84. The van der Waals surface area contributed by atoms with Crippen molar-refractivity contribution in [2.75, 3.05) is 6.61 Å². The summed E-state index contributed by atoms with van der Waals surface area (Å²) in [4.78, 5) is 12.7. The molecule has 1 saturated carbocycles. The molecule has 3 aromatic rings. The molecule has 1 aromatic heterocycles. The first kappa shape index (κ1) is 20.2. The molecule has 3 N–H and O–H groups in total. The molecule has 0 radical (unpaired) electrons. The number of rotatable bonds is 6. The molecule has 1 atom stereocenters. The molecule has 6 nitrogen and oxygen atoms in total. The molecule has 0 saturated heterocycles. The van der Waals surface area contributed by atoms with Gasteiger partial charge in [-0.15, -0.1) is 0 Å². The van der Waals surface area contributed by atoms with E-state index in [0.717, 1.165) is 40.9 Å². The third-order valence-corrected chi connectivity index (χ3v) is 6.84. The lowest BCUT2D eigenvalue weighted by Gasteiger charge is -2.46. The summed E-state index contributed by atoms with van der Waals surface area (Å²) in [6, 6.07) is 13.5. The van der Waals surface area contributed by atoms with Crippen LogP contribution in [0, 0.1) is 0 Å². The zero-order valence-electron chi connectivity index (χ0n) is 17.3. The number of ether oxygens (including phenoxy) is 1. The maximum atomic E-state index is 12.7. The zero-order valence-corrected chi connectivity index (χ0v) is 17.3. The van der Waals surface area contributed by atoms with Gasteiger partial charge in [0.15, 0.2) is 0 Å². The Balaban J connectivity index is 1.29. The Kier molecular flexibility index (Phi) is 5.24. The molecule has 5 rings (SSSR count). The van der Waals surface area contributed by atoms with E-state index in [-0.39, 0.29) is 24.2 Å². The van der Waals surface area contributed by atoms with Gasteiger partial charge in [-0.1, -0.05) is 36.8 Å². The van der Waals surface area contributed by atoms with Crippen LogP contribution in [0.1, 0.15) is 42.4 Å². The van der Waals surface area contributed by atoms with Gasteiger partial charge in [-0.25, -0.2) is 0 Å². The summed E-state index contributed by atoms with van der Waals surface area (Å²) in [6.45, 7) is 0.756. The topological polar surface area (TPSA) is 91.9 Å². The number of carbonyl (C=O) groups excluding carboxylic acids is 1. The summed E-state index contributed by atoms with van der Waals surface area (Å²) < 4.78 is 11.4. The highest BCUT2D eigenvalue weighted by atomic mass is 16.5. The van der Waals surface area contributed by atoms with E-state index in [2.05, 4.69) is 11.4 Å². The SMILES string of the molecule is O=C(Cc1ccc2c(c1)C1(CCC1)CCO2)N[C@@H](Cc1coc2ccccc12)B(O)O. The average Bonchev–Trinajstić information content (AvgIpc) is 3.14. The van der Waals surface area contributed by atoms with E-state index in [1.807, 2.05) is 36.4 Å². The molecule has 1 amide bonds. The van der Waals surface area contributed by atoms with Gasteiger partial charge in [0.25, 0.3) is 0 Å². The van der Waals surface area contributed by atoms with Crippen molar-refractivity contribution in [3.63, 3.8) is 0 Å². The standard InChI is InChI=1S/C24H26BNO5/c27-23(13-16-6-7-21-19(12-16)24(8-3-9-24)10-11-30-21)26-22(25(28)29)14-17-15-31-20-5-2-1-4-18(17)20/h1-2,4-7,12,15,22,28-29H,3,8-11,13-14H2,(H,26,27)/t22-/m0/s1. The Morgan fingerprint density at radius 1 is 1.16 bits per heavy atom. The number of nitrogens with one attached hydrogen (secondary N) is 1. The van der Waals surface area contributed by atoms with Gasteiger partial charge in [0.05, 0.1) is 25.2 Å². The molecule has 1 spiro atoms. The van der Waals surface area contributed by atoms with Gasteiger partial charge in [-0.05, 0) is 48.9 Å². The van der Waals surface area contributed by atoms with E-state index in [1.54, 1.807) is 6.26 Å². The van der Waals surface area contributed by atoms with E-state index in [4.69, 9.17) is 9.15 Å². The first-order chi connectivity index (χ1) is 15.0. The minimum atomic E-state index is -1.67. The van der Waals surface area contributed by atoms with Crippen LogP contribution in [0.25, 0.3) is 11.0 Å². The van der Waals surface area contributed by atoms with Crippen molar-refractivity contribution in [1.29, 1.82) is 0 Å². The number of fused-ring (bicyclic) bond motifs is 3. The second-order valence-corrected chi connectivity index (χ2v) is 8.79. The van der Waals surface area contributed by atoms with E-state index < -0.39 is 13.1 Å². The normalized spacial score (nSPS) is 17.5. The molecule has 2 aliphatic rings. The molecular weight excluding hydrogens is 393 g/mol. The summed E-state index contributed by atoms with van der Waals surface area (Å²) in [6.07, 6.45) is 6.68. The number of amides is 1. The quantitative estimate of drug-likeness (QED) is 0.535. The molecule has 0 unspecified atom stereocenters. The van der Waals surface area contributed by atoms with Crippen molar-refractivity contribution in [2.24, 2.45) is 0 Å². The van der Waals surface area contributed by atoms with Crippen molar-refractivity contribution < 1.29 is 24.0 Å². The molecule has 0 bridgehead atoms. The minimum absolute atomic E-state index is 0.179. The van der Waals surface area contributed by atoms with Crippen molar-refractivity contribution in [3.05, 3.63) is 65.4 Å². The lowest BCUT2D eigenvalue weighted by atomic mass is 9.61. The Bertz CT molecular complexity index is 1100. The highest BCUT2D eigenvalue weighted by molar-refractivity contribution is 6.43. The molecule has 1 aliphatic carbocycles. The van der Waals surface area contributed by atoms with E-state index >= 15 is 0 Å². The second-order valence-electron chi connectivity index (χ2n) is 8.79. The number of para-hydroxylation sites is 1. The number of carbonyl (C=O) groups is 1. The van der Waals surface area contributed by atoms with Gasteiger partial charge in [0.1, 0.15) is 11.3 Å². The van der Waals surface area contributed by atoms with Gasteiger partial charge < -0.3 is 24.5 Å². The fraction of sp³-hybridized carbons (Fsp3) is 0.375. The monoisotopic (exact) mass is 419 g/mol. The predicted octanol–water partition coefficient (Wildman–Crippen LogP) is 2.92. The first-order valence-corrected chi connectivity index (χ1v) is 10.9. The van der Waals surface area contributed by atoms with Crippen LogP contribution in [0.2, 0.25) is 0 Å². The Morgan fingerprint density at radius 3 is 2.77 bits per heavy atom. The van der Waals surface area contributed by atoms with Crippen LogP contribution < -0.4 is 10.1 Å². The summed E-state index contributed by atoms with van der Waals surface area (Å²) in [5.41, 5.74) is 3.90. The Hall–Kier alpha value is -2.77. The predicted molar refractivity (Wildman–Crippen MR) is 118 cm³/mol. The highest BCUT2D eigenvalue weighted by Crippen LogP contribution is 2.51. The molecule has 2 heterocycles. The number of benzene rings is 2. The van der Waals surface area contributed by atoms with E-state index in [0.29, 0.717) is 0 Å². The molecule has 160 valence electrons. The van der Waals surface area contributed by atoms with E-state index in [9.17, 15) is 14.8 Å². The number of furan rings is 1. The van der Waals surface area contributed by atoms with Crippen molar-refractivity contribution in [1.82, 2.24) is 5.32 Å². The van der Waals surface area contributed by atoms with E-state index in [1.165, 1.54) is 24.8 Å². The first-order valence-electron chi connectivity index (χ1n) is 10.9. The van der Waals surface area contributed by atoms with Crippen LogP contribution in [-0.2, 0) is 23.1 Å². The van der Waals surface area contributed by atoms with Gasteiger partial charge in [-0.3, -0.25) is 4.79 Å². The van der Waals surface area contributed by atoms with Crippen molar-refractivity contribution in [3.8, 4) is 5.75 Å². The fourth-order valence-electron chi connectivity index (χ4n) is 4.94. The van der Waals surface area contributed by atoms with Crippen molar-refractivity contribution in [2.45, 2.75) is 49.9 Å². The zero-order chi connectivity index (χ0) is 21.4. The van der Waals surface area contributed by atoms with Crippen LogP contribution >= 0.6 is 0 Å². The number of hydrogen-bond acceptors (Lipinski definition) is 5. The fourth-order valence-corrected chi connectivity index (χ4v) is 4.94. The lowest BCUT2D eigenvalue weighted by Crippen LogP contribution is -2.48. The Labute approximate surface area is 181 Å². The minimum Gasteiger partial charge on any atom is -0.493 e. The lowest BCUT2D eigenvalue weighted by molar-refractivity contribution is -0.120. The molecule has 1 fully saturated rings. The van der Waals surface area contributed by atoms with Crippen LogP contribution in [0.4, 0.5) is 0 Å². The van der Waals surface area contributed by atoms with Crippen LogP contribution in [0.15, 0.2) is 53.1 Å². The summed E-state index contributed by atoms with van der Waals surface area (Å²) >= 11 is 0. The highest BCUT2D eigenvalue weighted by Gasteiger charge is 2.42. The van der Waals surface area contributed by atoms with Crippen molar-refractivity contribution >= 4 is 24.0 Å². The van der Waals surface area contributed by atoms with Crippen LogP contribution in [-0.4, -0.2) is 35.6 Å². The molecular formula is C24H26BNO5. The molecule has 7 heteroatoms. The largest absolute Gasteiger partial charge is 0.493 e. The average molecular weight is 419 g/mol. The Morgan fingerprint density at radius 2 is 2.00 bits per heavy atom. The van der Waals surface area contributed by atoms with Crippen LogP contribution in [0.5, 0.6) is 5.75 Å². The number of hydrogen-bond donors (Lipinski definition) is 3.